The number of thiophene rings is 1. The summed E-state index contributed by atoms with van der Waals surface area (Å²) in [6, 6.07) is 10.1. The first-order valence-corrected chi connectivity index (χ1v) is 9.91. The molecule has 0 fully saturated rings. The summed E-state index contributed by atoms with van der Waals surface area (Å²) < 4.78 is 21.0. The SMILES string of the molecule is Cc1cc(F)ccc1NC(=O)Cn1c(C)cc(-c2nnc(-c3cccs3)o2)c1C. The van der Waals surface area contributed by atoms with Gasteiger partial charge in [0.15, 0.2) is 0 Å². The number of hydrogen-bond donors (Lipinski definition) is 1. The van der Waals surface area contributed by atoms with Gasteiger partial charge < -0.3 is 14.3 Å². The van der Waals surface area contributed by atoms with Gasteiger partial charge in [-0.3, -0.25) is 4.79 Å². The van der Waals surface area contributed by atoms with Crippen molar-refractivity contribution in [2.24, 2.45) is 0 Å². The maximum Gasteiger partial charge on any atom is 0.258 e. The fourth-order valence-corrected chi connectivity index (χ4v) is 3.84. The van der Waals surface area contributed by atoms with Crippen LogP contribution in [0.4, 0.5) is 10.1 Å². The quantitative estimate of drug-likeness (QED) is 0.504. The molecule has 6 nitrogen and oxygen atoms in total. The minimum absolute atomic E-state index is 0.125. The van der Waals surface area contributed by atoms with Crippen molar-refractivity contribution in [3.63, 3.8) is 0 Å². The monoisotopic (exact) mass is 410 g/mol. The van der Waals surface area contributed by atoms with E-state index in [-0.39, 0.29) is 18.3 Å². The number of aromatic nitrogens is 3. The zero-order valence-electron chi connectivity index (χ0n) is 16.2. The largest absolute Gasteiger partial charge is 0.415 e. The molecule has 8 heteroatoms. The highest BCUT2D eigenvalue weighted by molar-refractivity contribution is 7.13. The highest BCUT2D eigenvalue weighted by Crippen LogP contribution is 2.30. The summed E-state index contributed by atoms with van der Waals surface area (Å²) in [6.45, 7) is 5.71. The van der Waals surface area contributed by atoms with Crippen LogP contribution in [-0.4, -0.2) is 20.7 Å². The molecule has 3 aromatic heterocycles. The lowest BCUT2D eigenvalue weighted by atomic mass is 10.2. The van der Waals surface area contributed by atoms with E-state index < -0.39 is 0 Å². The van der Waals surface area contributed by atoms with Crippen molar-refractivity contribution < 1.29 is 13.6 Å². The number of aryl methyl sites for hydroxylation is 2. The smallest absolute Gasteiger partial charge is 0.258 e. The number of benzene rings is 1. The third kappa shape index (κ3) is 3.84. The van der Waals surface area contributed by atoms with Crippen LogP contribution in [0.5, 0.6) is 0 Å². The Hall–Kier alpha value is -3.26. The van der Waals surface area contributed by atoms with E-state index in [1.165, 1.54) is 23.5 Å². The number of halogens is 1. The second kappa shape index (κ2) is 7.63. The van der Waals surface area contributed by atoms with Crippen LogP contribution in [0.3, 0.4) is 0 Å². The number of carbonyl (C=O) groups is 1. The van der Waals surface area contributed by atoms with E-state index in [9.17, 15) is 9.18 Å². The van der Waals surface area contributed by atoms with Gasteiger partial charge in [0.2, 0.25) is 11.8 Å². The zero-order chi connectivity index (χ0) is 20.5. The van der Waals surface area contributed by atoms with E-state index in [0.717, 1.165) is 21.8 Å². The van der Waals surface area contributed by atoms with Crippen LogP contribution in [0.2, 0.25) is 0 Å². The molecule has 4 rings (SSSR count). The van der Waals surface area contributed by atoms with Crippen LogP contribution in [0.1, 0.15) is 17.0 Å². The van der Waals surface area contributed by atoms with E-state index in [1.807, 2.05) is 42.0 Å². The fraction of sp³-hybridized carbons (Fsp3) is 0.190. The van der Waals surface area contributed by atoms with Crippen LogP contribution in [0.15, 0.2) is 46.2 Å². The summed E-state index contributed by atoms with van der Waals surface area (Å²) in [6.07, 6.45) is 0. The van der Waals surface area contributed by atoms with E-state index in [1.54, 1.807) is 13.0 Å². The lowest BCUT2D eigenvalue weighted by Gasteiger charge is -2.12. The van der Waals surface area contributed by atoms with E-state index >= 15 is 0 Å². The second-order valence-electron chi connectivity index (χ2n) is 6.77. The summed E-state index contributed by atoms with van der Waals surface area (Å²) in [5.41, 5.74) is 3.82. The Morgan fingerprint density at radius 1 is 1.17 bits per heavy atom. The third-order valence-electron chi connectivity index (χ3n) is 4.73. The second-order valence-corrected chi connectivity index (χ2v) is 7.72. The predicted molar refractivity (Wildman–Crippen MR) is 110 cm³/mol. The van der Waals surface area contributed by atoms with Crippen LogP contribution in [0.25, 0.3) is 22.2 Å². The molecule has 0 spiro atoms. The van der Waals surface area contributed by atoms with Gasteiger partial charge >= 0.3 is 0 Å². The molecule has 0 atom stereocenters. The topological polar surface area (TPSA) is 73.0 Å². The molecule has 29 heavy (non-hydrogen) atoms. The molecule has 0 unspecified atom stereocenters. The number of nitrogens with one attached hydrogen (secondary N) is 1. The van der Waals surface area contributed by atoms with Gasteiger partial charge in [-0.05, 0) is 62.0 Å². The van der Waals surface area contributed by atoms with Crippen LogP contribution in [-0.2, 0) is 11.3 Å². The first-order chi connectivity index (χ1) is 13.9. The summed E-state index contributed by atoms with van der Waals surface area (Å²) in [5, 5.41) is 13.1. The lowest BCUT2D eigenvalue weighted by Crippen LogP contribution is -2.20. The molecular formula is C21H19FN4O2S. The fourth-order valence-electron chi connectivity index (χ4n) is 3.19. The highest BCUT2D eigenvalue weighted by atomic mass is 32.1. The standard InChI is InChI=1S/C21H19FN4O2S/c1-12-9-15(22)6-7-17(12)23-19(27)11-26-13(2)10-16(14(26)3)20-24-25-21(28-20)18-5-4-8-29-18/h4-10H,11H2,1-3H3,(H,23,27). The van der Waals surface area contributed by atoms with Crippen molar-refractivity contribution in [2.45, 2.75) is 27.3 Å². The Labute approximate surface area is 171 Å². The maximum atomic E-state index is 13.3. The first-order valence-electron chi connectivity index (χ1n) is 9.03. The van der Waals surface area contributed by atoms with Crippen LogP contribution < -0.4 is 5.32 Å². The first kappa shape index (κ1) is 19.1. The number of rotatable bonds is 5. The third-order valence-corrected chi connectivity index (χ3v) is 5.58. The van der Waals surface area contributed by atoms with Crippen molar-refractivity contribution in [3.05, 3.63) is 64.5 Å². The summed E-state index contributed by atoms with van der Waals surface area (Å²) in [4.78, 5) is 13.5. The van der Waals surface area contributed by atoms with Gasteiger partial charge in [0.05, 0.1) is 10.4 Å². The molecule has 0 aliphatic carbocycles. The van der Waals surface area contributed by atoms with Crippen molar-refractivity contribution >= 4 is 22.9 Å². The van der Waals surface area contributed by atoms with Gasteiger partial charge in [0, 0.05) is 17.1 Å². The molecule has 4 aromatic rings. The molecule has 1 aromatic carbocycles. The molecule has 0 saturated carbocycles. The molecule has 3 heterocycles. The van der Waals surface area contributed by atoms with Crippen LogP contribution in [0, 0.1) is 26.6 Å². The van der Waals surface area contributed by atoms with Gasteiger partial charge in [-0.1, -0.05) is 6.07 Å². The van der Waals surface area contributed by atoms with Gasteiger partial charge in [-0.25, -0.2) is 4.39 Å². The maximum absolute atomic E-state index is 13.3. The molecular weight excluding hydrogens is 391 g/mol. The molecule has 1 amide bonds. The average Bonchev–Trinajstić information content (AvgIpc) is 3.41. The molecule has 0 aliphatic rings. The molecule has 0 aliphatic heterocycles. The summed E-state index contributed by atoms with van der Waals surface area (Å²) >= 11 is 1.53. The number of hydrogen-bond acceptors (Lipinski definition) is 5. The average molecular weight is 410 g/mol. The van der Waals surface area contributed by atoms with Crippen LogP contribution >= 0.6 is 11.3 Å². The molecule has 1 N–H and O–H groups in total. The molecule has 0 bridgehead atoms. The van der Waals surface area contributed by atoms with Crippen molar-refractivity contribution in [3.8, 4) is 22.2 Å². The number of anilines is 1. The van der Waals surface area contributed by atoms with Gasteiger partial charge in [0.25, 0.3) is 5.89 Å². The summed E-state index contributed by atoms with van der Waals surface area (Å²) in [5.74, 6) is 0.369. The van der Waals surface area contributed by atoms with E-state index in [2.05, 4.69) is 15.5 Å². The Bertz CT molecular complexity index is 1180. The van der Waals surface area contributed by atoms with E-state index in [4.69, 9.17) is 4.42 Å². The minimum atomic E-state index is -0.330. The lowest BCUT2D eigenvalue weighted by molar-refractivity contribution is -0.116. The predicted octanol–water partition coefficient (Wildman–Crippen LogP) is 4.97. The Kier molecular flexibility index (Phi) is 5.02. The molecule has 0 radical (unpaired) electrons. The normalized spacial score (nSPS) is 11.0. The number of amides is 1. The zero-order valence-corrected chi connectivity index (χ0v) is 17.0. The van der Waals surface area contributed by atoms with Crippen molar-refractivity contribution in [1.29, 1.82) is 0 Å². The number of carbonyl (C=O) groups excluding carboxylic acids is 1. The summed E-state index contributed by atoms with van der Waals surface area (Å²) in [7, 11) is 0. The van der Waals surface area contributed by atoms with Crippen molar-refractivity contribution in [1.82, 2.24) is 14.8 Å². The van der Waals surface area contributed by atoms with Gasteiger partial charge in [-0.15, -0.1) is 21.5 Å². The van der Waals surface area contributed by atoms with Gasteiger partial charge in [0.1, 0.15) is 12.4 Å². The number of nitrogens with zero attached hydrogens (tertiary/aromatic N) is 3. The molecule has 148 valence electrons. The highest BCUT2D eigenvalue weighted by Gasteiger charge is 2.19. The molecule has 0 saturated heterocycles. The van der Waals surface area contributed by atoms with E-state index in [0.29, 0.717) is 23.0 Å². The van der Waals surface area contributed by atoms with Crippen molar-refractivity contribution in [2.75, 3.05) is 5.32 Å². The Balaban J connectivity index is 1.55. The minimum Gasteiger partial charge on any atom is -0.415 e. The Morgan fingerprint density at radius 2 is 1.97 bits per heavy atom. The Morgan fingerprint density at radius 3 is 2.69 bits per heavy atom. The van der Waals surface area contributed by atoms with Gasteiger partial charge in [-0.2, -0.15) is 0 Å².